The number of carboxylic acids is 1. The summed E-state index contributed by atoms with van der Waals surface area (Å²) in [6.07, 6.45) is 2.66. The molecule has 0 atom stereocenters. The first kappa shape index (κ1) is 15.0. The van der Waals surface area contributed by atoms with Gasteiger partial charge in [0.1, 0.15) is 0 Å². The molecule has 2 aromatic rings. The highest BCUT2D eigenvalue weighted by molar-refractivity contribution is 5.85. The standard InChI is InChI=1S/C18H17NO4/c1-22-16-10-13(7-8-17(20)21)9-14-11-19(12-23-18(14)16)15-5-3-2-4-6-15/h2-10H,11-12H2,1H3,(H,20,21)/b8-7+. The van der Waals surface area contributed by atoms with E-state index in [9.17, 15) is 4.79 Å². The Kier molecular flexibility index (Phi) is 4.19. The van der Waals surface area contributed by atoms with Gasteiger partial charge in [-0.05, 0) is 35.9 Å². The number of rotatable bonds is 4. The summed E-state index contributed by atoms with van der Waals surface area (Å²) < 4.78 is 11.2. The van der Waals surface area contributed by atoms with Crippen LogP contribution < -0.4 is 14.4 Å². The molecule has 1 aliphatic heterocycles. The Morgan fingerprint density at radius 3 is 2.78 bits per heavy atom. The van der Waals surface area contributed by atoms with E-state index in [1.807, 2.05) is 36.4 Å². The molecular weight excluding hydrogens is 294 g/mol. The van der Waals surface area contributed by atoms with Crippen molar-refractivity contribution in [2.24, 2.45) is 0 Å². The Labute approximate surface area is 134 Å². The number of hydrogen-bond acceptors (Lipinski definition) is 4. The fraction of sp³-hybridized carbons (Fsp3) is 0.167. The maximum Gasteiger partial charge on any atom is 0.328 e. The van der Waals surface area contributed by atoms with Gasteiger partial charge in [-0.3, -0.25) is 0 Å². The van der Waals surface area contributed by atoms with Crippen molar-refractivity contribution in [3.63, 3.8) is 0 Å². The van der Waals surface area contributed by atoms with Crippen LogP contribution in [0, 0.1) is 0 Å². The Morgan fingerprint density at radius 2 is 2.09 bits per heavy atom. The van der Waals surface area contributed by atoms with Crippen molar-refractivity contribution >= 4 is 17.7 Å². The molecule has 0 aliphatic carbocycles. The van der Waals surface area contributed by atoms with Crippen LogP contribution in [-0.2, 0) is 11.3 Å². The third-order valence-electron chi connectivity index (χ3n) is 3.64. The Balaban J connectivity index is 1.94. The van der Waals surface area contributed by atoms with Crippen LogP contribution in [0.3, 0.4) is 0 Å². The molecule has 1 heterocycles. The summed E-state index contributed by atoms with van der Waals surface area (Å²) in [6.45, 7) is 1.11. The normalized spacial score (nSPS) is 13.5. The third kappa shape index (κ3) is 3.29. The van der Waals surface area contributed by atoms with Crippen molar-refractivity contribution < 1.29 is 19.4 Å². The topological polar surface area (TPSA) is 59.0 Å². The van der Waals surface area contributed by atoms with E-state index >= 15 is 0 Å². The molecule has 118 valence electrons. The molecular formula is C18H17NO4. The lowest BCUT2D eigenvalue weighted by Crippen LogP contribution is -2.32. The summed E-state index contributed by atoms with van der Waals surface area (Å²) in [5, 5.41) is 8.78. The highest BCUT2D eigenvalue weighted by Gasteiger charge is 2.21. The van der Waals surface area contributed by atoms with Gasteiger partial charge >= 0.3 is 5.97 Å². The minimum atomic E-state index is -0.983. The third-order valence-corrected chi connectivity index (χ3v) is 3.64. The molecule has 5 heteroatoms. The molecule has 0 bridgehead atoms. The smallest absolute Gasteiger partial charge is 0.328 e. The van der Waals surface area contributed by atoms with Crippen molar-refractivity contribution in [3.05, 3.63) is 59.7 Å². The van der Waals surface area contributed by atoms with Crippen LogP contribution in [-0.4, -0.2) is 24.9 Å². The number of hydrogen-bond donors (Lipinski definition) is 1. The second-order valence-electron chi connectivity index (χ2n) is 5.19. The second-order valence-corrected chi connectivity index (χ2v) is 5.19. The maximum atomic E-state index is 10.7. The van der Waals surface area contributed by atoms with E-state index in [1.54, 1.807) is 19.3 Å². The monoisotopic (exact) mass is 311 g/mol. The molecule has 0 saturated heterocycles. The number of methoxy groups -OCH3 is 1. The van der Waals surface area contributed by atoms with Crippen LogP contribution in [0.2, 0.25) is 0 Å². The summed E-state index contributed by atoms with van der Waals surface area (Å²) in [7, 11) is 1.58. The molecule has 3 rings (SSSR count). The van der Waals surface area contributed by atoms with Gasteiger partial charge < -0.3 is 19.5 Å². The van der Waals surface area contributed by atoms with Gasteiger partial charge in [0.2, 0.25) is 0 Å². The van der Waals surface area contributed by atoms with E-state index in [0.29, 0.717) is 24.8 Å². The average Bonchev–Trinajstić information content (AvgIpc) is 2.59. The van der Waals surface area contributed by atoms with Gasteiger partial charge in [0.25, 0.3) is 0 Å². The Morgan fingerprint density at radius 1 is 1.30 bits per heavy atom. The molecule has 0 saturated carbocycles. The number of carbonyl (C=O) groups is 1. The van der Waals surface area contributed by atoms with Crippen molar-refractivity contribution in [2.45, 2.75) is 6.54 Å². The summed E-state index contributed by atoms with van der Waals surface area (Å²) in [4.78, 5) is 12.8. The first-order valence-corrected chi connectivity index (χ1v) is 7.22. The predicted molar refractivity (Wildman–Crippen MR) is 87.8 cm³/mol. The molecule has 23 heavy (non-hydrogen) atoms. The maximum absolute atomic E-state index is 10.7. The molecule has 0 radical (unpaired) electrons. The average molecular weight is 311 g/mol. The highest BCUT2D eigenvalue weighted by Crippen LogP contribution is 2.37. The van der Waals surface area contributed by atoms with Gasteiger partial charge in [0, 0.05) is 17.3 Å². The molecule has 5 nitrogen and oxygen atoms in total. The van der Waals surface area contributed by atoms with Crippen LogP contribution in [0.4, 0.5) is 5.69 Å². The highest BCUT2D eigenvalue weighted by atomic mass is 16.5. The van der Waals surface area contributed by atoms with E-state index in [4.69, 9.17) is 14.6 Å². The van der Waals surface area contributed by atoms with Crippen LogP contribution >= 0.6 is 0 Å². The molecule has 0 amide bonds. The Bertz CT molecular complexity index is 740. The number of fused-ring (bicyclic) bond motifs is 1. The molecule has 1 N–H and O–H groups in total. The van der Waals surface area contributed by atoms with Crippen LogP contribution in [0.15, 0.2) is 48.5 Å². The van der Waals surface area contributed by atoms with E-state index in [1.165, 1.54) is 0 Å². The van der Waals surface area contributed by atoms with Crippen LogP contribution in [0.25, 0.3) is 6.08 Å². The first-order chi connectivity index (χ1) is 11.2. The lowest BCUT2D eigenvalue weighted by molar-refractivity contribution is -0.131. The lowest BCUT2D eigenvalue weighted by Gasteiger charge is -2.31. The zero-order chi connectivity index (χ0) is 16.2. The number of nitrogens with zero attached hydrogens (tertiary/aromatic N) is 1. The van der Waals surface area contributed by atoms with Crippen molar-refractivity contribution in [1.29, 1.82) is 0 Å². The summed E-state index contributed by atoms with van der Waals surface area (Å²) >= 11 is 0. The van der Waals surface area contributed by atoms with E-state index in [0.717, 1.165) is 22.9 Å². The van der Waals surface area contributed by atoms with E-state index in [2.05, 4.69) is 4.90 Å². The van der Waals surface area contributed by atoms with E-state index < -0.39 is 5.97 Å². The molecule has 0 aromatic heterocycles. The van der Waals surface area contributed by atoms with Crippen LogP contribution in [0.1, 0.15) is 11.1 Å². The number of carboxylic acid groups (broad SMARTS) is 1. The zero-order valence-electron chi connectivity index (χ0n) is 12.7. The van der Waals surface area contributed by atoms with Gasteiger partial charge in [-0.2, -0.15) is 0 Å². The van der Waals surface area contributed by atoms with Gasteiger partial charge in [0.05, 0.1) is 13.7 Å². The number of anilines is 1. The Hall–Kier alpha value is -2.95. The van der Waals surface area contributed by atoms with Gasteiger partial charge in [0.15, 0.2) is 18.2 Å². The van der Waals surface area contributed by atoms with Crippen molar-refractivity contribution in [2.75, 3.05) is 18.7 Å². The van der Waals surface area contributed by atoms with Gasteiger partial charge in [-0.1, -0.05) is 18.2 Å². The van der Waals surface area contributed by atoms with Gasteiger partial charge in [-0.25, -0.2) is 4.79 Å². The van der Waals surface area contributed by atoms with Crippen LogP contribution in [0.5, 0.6) is 11.5 Å². The fourth-order valence-electron chi connectivity index (χ4n) is 2.58. The van der Waals surface area contributed by atoms with Crippen molar-refractivity contribution in [3.8, 4) is 11.5 Å². The zero-order valence-corrected chi connectivity index (χ0v) is 12.7. The molecule has 2 aromatic carbocycles. The number of ether oxygens (including phenoxy) is 2. The number of para-hydroxylation sites is 1. The summed E-state index contributed by atoms with van der Waals surface area (Å²) in [5.74, 6) is 0.344. The fourth-order valence-corrected chi connectivity index (χ4v) is 2.58. The number of aliphatic carboxylic acids is 1. The molecule has 0 unspecified atom stereocenters. The first-order valence-electron chi connectivity index (χ1n) is 7.22. The lowest BCUT2D eigenvalue weighted by atomic mass is 10.1. The second kappa shape index (κ2) is 6.44. The number of benzene rings is 2. The van der Waals surface area contributed by atoms with E-state index in [-0.39, 0.29) is 0 Å². The molecule has 0 fully saturated rings. The molecule has 0 spiro atoms. The predicted octanol–water partition coefficient (Wildman–Crippen LogP) is 3.15. The summed E-state index contributed by atoms with van der Waals surface area (Å²) in [5.41, 5.74) is 2.80. The quantitative estimate of drug-likeness (QED) is 0.879. The minimum Gasteiger partial charge on any atom is -0.493 e. The largest absolute Gasteiger partial charge is 0.493 e. The minimum absolute atomic E-state index is 0.442. The van der Waals surface area contributed by atoms with Crippen molar-refractivity contribution in [1.82, 2.24) is 0 Å². The molecule has 1 aliphatic rings. The summed E-state index contributed by atoms with van der Waals surface area (Å²) in [6, 6.07) is 13.7. The SMILES string of the molecule is COc1cc(/C=C/C(=O)O)cc2c1OCN(c1ccccc1)C2. The van der Waals surface area contributed by atoms with Gasteiger partial charge in [-0.15, -0.1) is 0 Å².